The summed E-state index contributed by atoms with van der Waals surface area (Å²) in [7, 11) is -2.30. The molecule has 5 rings (SSSR count). The lowest BCUT2D eigenvalue weighted by atomic mass is 10.0. The summed E-state index contributed by atoms with van der Waals surface area (Å²) in [6, 6.07) is 15.9. The summed E-state index contributed by atoms with van der Waals surface area (Å²) in [6.45, 7) is 3.00. The normalized spacial score (nSPS) is 17.5. The summed E-state index contributed by atoms with van der Waals surface area (Å²) < 4.78 is 39.9. The maximum Gasteiger partial charge on any atom is 0.243 e. The minimum absolute atomic E-state index is 0.167. The van der Waals surface area contributed by atoms with Crippen molar-refractivity contribution in [1.29, 1.82) is 0 Å². The number of aryl methyl sites for hydroxylation is 1. The average molecular weight is 541 g/mol. The summed E-state index contributed by atoms with van der Waals surface area (Å²) in [4.78, 5) is 17.0. The Morgan fingerprint density at radius 3 is 2.57 bits per heavy atom. The SMILES string of the molecule is COc1ccc(S(=O)(=O)N(CC(=O)N2CCc3sccc3C2COc2ccccc2C)CC2CC2)cc1. The molecular formula is C28H32N2O5S2. The number of fused-ring (bicyclic) bond motifs is 1. The van der Waals surface area contributed by atoms with E-state index in [-0.39, 0.29) is 23.4 Å². The molecular weight excluding hydrogens is 508 g/mol. The number of benzene rings is 2. The fraction of sp³-hybridized carbons (Fsp3) is 0.393. The van der Waals surface area contributed by atoms with Gasteiger partial charge in [-0.1, -0.05) is 18.2 Å². The summed E-state index contributed by atoms with van der Waals surface area (Å²) >= 11 is 1.69. The van der Waals surface area contributed by atoms with Crippen molar-refractivity contribution in [3.63, 3.8) is 0 Å². The van der Waals surface area contributed by atoms with E-state index in [2.05, 4.69) is 6.07 Å². The van der Waals surface area contributed by atoms with Gasteiger partial charge in [-0.15, -0.1) is 11.3 Å². The zero-order valence-electron chi connectivity index (χ0n) is 21.1. The van der Waals surface area contributed by atoms with Crippen LogP contribution in [0.15, 0.2) is 64.9 Å². The minimum atomic E-state index is -3.84. The molecule has 37 heavy (non-hydrogen) atoms. The summed E-state index contributed by atoms with van der Waals surface area (Å²) in [6.07, 6.45) is 2.73. The Hall–Kier alpha value is -2.88. The second-order valence-electron chi connectivity index (χ2n) is 9.65. The fourth-order valence-corrected chi connectivity index (χ4v) is 7.13. The topological polar surface area (TPSA) is 76.2 Å². The van der Waals surface area contributed by atoms with E-state index in [0.717, 1.165) is 36.1 Å². The van der Waals surface area contributed by atoms with Gasteiger partial charge in [0.05, 0.1) is 24.6 Å². The van der Waals surface area contributed by atoms with Crippen molar-refractivity contribution in [2.75, 3.05) is 33.4 Å². The number of sulfonamides is 1. The molecule has 1 aliphatic heterocycles. The molecule has 0 bridgehead atoms. The van der Waals surface area contributed by atoms with Crippen LogP contribution in [-0.4, -0.2) is 56.9 Å². The Morgan fingerprint density at radius 1 is 1.11 bits per heavy atom. The van der Waals surface area contributed by atoms with Gasteiger partial charge in [0.2, 0.25) is 15.9 Å². The Kier molecular flexibility index (Phi) is 7.55. The number of hydrogen-bond acceptors (Lipinski definition) is 6. The number of carbonyl (C=O) groups excluding carboxylic acids is 1. The second kappa shape index (κ2) is 10.8. The molecule has 0 N–H and O–H groups in total. The molecule has 1 fully saturated rings. The molecule has 9 heteroatoms. The monoisotopic (exact) mass is 540 g/mol. The van der Waals surface area contributed by atoms with Crippen molar-refractivity contribution in [3.8, 4) is 11.5 Å². The molecule has 1 unspecified atom stereocenters. The van der Waals surface area contributed by atoms with Crippen LogP contribution in [0.5, 0.6) is 11.5 Å². The van der Waals surface area contributed by atoms with Gasteiger partial charge in [-0.05, 0) is 85.0 Å². The summed E-state index contributed by atoms with van der Waals surface area (Å²) in [5.41, 5.74) is 2.12. The van der Waals surface area contributed by atoms with E-state index in [4.69, 9.17) is 9.47 Å². The van der Waals surface area contributed by atoms with Gasteiger partial charge < -0.3 is 14.4 Å². The summed E-state index contributed by atoms with van der Waals surface area (Å²) in [5, 5.41) is 2.05. The van der Waals surface area contributed by atoms with E-state index in [0.29, 0.717) is 31.4 Å². The van der Waals surface area contributed by atoms with Crippen molar-refractivity contribution in [2.45, 2.75) is 37.1 Å². The van der Waals surface area contributed by atoms with Gasteiger partial charge >= 0.3 is 0 Å². The molecule has 1 saturated carbocycles. The van der Waals surface area contributed by atoms with E-state index in [9.17, 15) is 13.2 Å². The molecule has 2 aliphatic rings. The first-order valence-electron chi connectivity index (χ1n) is 12.5. The van der Waals surface area contributed by atoms with Gasteiger partial charge in [0, 0.05) is 18.0 Å². The smallest absolute Gasteiger partial charge is 0.243 e. The van der Waals surface area contributed by atoms with E-state index < -0.39 is 10.0 Å². The van der Waals surface area contributed by atoms with Gasteiger partial charge in [0.25, 0.3) is 0 Å². The molecule has 0 radical (unpaired) electrons. The lowest BCUT2D eigenvalue weighted by molar-refractivity contribution is -0.135. The third-order valence-corrected chi connectivity index (χ3v) is 9.90. The van der Waals surface area contributed by atoms with Crippen LogP contribution < -0.4 is 9.47 Å². The highest BCUT2D eigenvalue weighted by atomic mass is 32.2. The van der Waals surface area contributed by atoms with Crippen LogP contribution in [-0.2, 0) is 21.2 Å². The molecule has 1 atom stereocenters. The third-order valence-electron chi connectivity index (χ3n) is 7.07. The van der Waals surface area contributed by atoms with Gasteiger partial charge in [0.15, 0.2) is 0 Å². The van der Waals surface area contributed by atoms with Crippen LogP contribution in [0.3, 0.4) is 0 Å². The highest BCUT2D eigenvalue weighted by molar-refractivity contribution is 7.89. The van der Waals surface area contributed by atoms with Crippen LogP contribution in [0.4, 0.5) is 0 Å². The number of hydrogen-bond donors (Lipinski definition) is 0. The first-order chi connectivity index (χ1) is 17.9. The van der Waals surface area contributed by atoms with Crippen LogP contribution in [0, 0.1) is 12.8 Å². The molecule has 7 nitrogen and oxygen atoms in total. The van der Waals surface area contributed by atoms with Crippen molar-refractivity contribution in [1.82, 2.24) is 9.21 Å². The number of nitrogens with zero attached hydrogens (tertiary/aromatic N) is 2. The maximum absolute atomic E-state index is 13.8. The van der Waals surface area contributed by atoms with Crippen LogP contribution in [0.25, 0.3) is 0 Å². The number of para-hydroxylation sites is 1. The molecule has 2 aromatic carbocycles. The number of rotatable bonds is 10. The molecule has 1 amide bonds. The predicted octanol–water partition coefficient (Wildman–Crippen LogP) is 4.67. The molecule has 0 spiro atoms. The minimum Gasteiger partial charge on any atom is -0.497 e. The van der Waals surface area contributed by atoms with E-state index in [1.165, 1.54) is 21.3 Å². The van der Waals surface area contributed by atoms with Crippen molar-refractivity contribution >= 4 is 27.3 Å². The number of carbonyl (C=O) groups is 1. The Morgan fingerprint density at radius 2 is 1.86 bits per heavy atom. The Balaban J connectivity index is 1.37. The lowest BCUT2D eigenvalue weighted by Crippen LogP contribution is -2.48. The van der Waals surface area contributed by atoms with Crippen molar-refractivity contribution in [2.24, 2.45) is 5.92 Å². The first kappa shape index (κ1) is 25.8. The number of methoxy groups -OCH3 is 1. The van der Waals surface area contributed by atoms with Gasteiger partial charge in [0.1, 0.15) is 18.1 Å². The molecule has 2 heterocycles. The molecule has 1 aliphatic carbocycles. The van der Waals surface area contributed by atoms with Gasteiger partial charge in [-0.2, -0.15) is 4.31 Å². The second-order valence-corrected chi connectivity index (χ2v) is 12.6. The Labute approximate surface area is 222 Å². The standard InChI is InChI=1S/C28H32N2O5S2/c1-20-5-3-4-6-26(20)35-19-25-24-14-16-36-27(24)13-15-30(25)28(31)18-29(17-21-7-8-21)37(32,33)23-11-9-22(34-2)10-12-23/h3-6,9-12,14,16,21,25H,7-8,13,15,17-19H2,1-2H3. The molecule has 0 saturated heterocycles. The zero-order chi connectivity index (χ0) is 26.0. The van der Waals surface area contributed by atoms with Crippen LogP contribution in [0.1, 0.15) is 34.9 Å². The quantitative estimate of drug-likeness (QED) is 0.374. The Bertz CT molecular complexity index is 1350. The van der Waals surface area contributed by atoms with Crippen LogP contribution >= 0.6 is 11.3 Å². The van der Waals surface area contributed by atoms with E-state index >= 15 is 0 Å². The largest absolute Gasteiger partial charge is 0.497 e. The van der Waals surface area contributed by atoms with E-state index in [1.54, 1.807) is 35.5 Å². The zero-order valence-corrected chi connectivity index (χ0v) is 22.8. The average Bonchev–Trinajstić information content (AvgIpc) is 3.60. The fourth-order valence-electron chi connectivity index (χ4n) is 4.74. The van der Waals surface area contributed by atoms with Crippen LogP contribution in [0.2, 0.25) is 0 Å². The number of ether oxygens (including phenoxy) is 2. The highest BCUT2D eigenvalue weighted by Gasteiger charge is 2.37. The number of thiophene rings is 1. The molecule has 3 aromatic rings. The maximum atomic E-state index is 13.8. The first-order valence-corrected chi connectivity index (χ1v) is 14.9. The summed E-state index contributed by atoms with van der Waals surface area (Å²) in [5.74, 6) is 1.47. The lowest BCUT2D eigenvalue weighted by Gasteiger charge is -2.37. The van der Waals surface area contributed by atoms with E-state index in [1.807, 2.05) is 36.6 Å². The highest BCUT2D eigenvalue weighted by Crippen LogP contribution is 2.35. The van der Waals surface area contributed by atoms with Crippen molar-refractivity contribution < 1.29 is 22.7 Å². The molecule has 1 aromatic heterocycles. The number of amides is 1. The third kappa shape index (κ3) is 5.68. The van der Waals surface area contributed by atoms with Gasteiger partial charge in [-0.25, -0.2) is 8.42 Å². The van der Waals surface area contributed by atoms with Gasteiger partial charge in [-0.3, -0.25) is 4.79 Å². The van der Waals surface area contributed by atoms with Crippen molar-refractivity contribution in [3.05, 3.63) is 76.0 Å². The molecule has 196 valence electrons. The predicted molar refractivity (Wildman–Crippen MR) is 144 cm³/mol.